The van der Waals surface area contributed by atoms with Crippen LogP contribution in [0.25, 0.3) is 11.3 Å². The first-order valence-electron chi connectivity index (χ1n) is 3.87. The van der Waals surface area contributed by atoms with E-state index in [9.17, 15) is 4.91 Å². The molecule has 2 rings (SSSR count). The summed E-state index contributed by atoms with van der Waals surface area (Å²) in [6, 6.07) is 10.6. The van der Waals surface area contributed by atoms with E-state index >= 15 is 0 Å². The minimum absolute atomic E-state index is 0.411. The smallest absolute Gasteiger partial charge is 0.133 e. The van der Waals surface area contributed by atoms with Crippen LogP contribution in [0.1, 0.15) is 0 Å². The van der Waals surface area contributed by atoms with Crippen LogP contribution in [0.4, 0.5) is 5.69 Å². The average Bonchev–Trinajstić information content (AvgIpc) is 2.71. The fourth-order valence-corrected chi connectivity index (χ4v) is 1.16. The normalized spacial score (nSPS) is 9.85. The third-order valence-corrected chi connectivity index (χ3v) is 1.76. The molecule has 1 aromatic carbocycles. The molecule has 0 spiro atoms. The molecule has 0 radical (unpaired) electrons. The quantitative estimate of drug-likeness (QED) is 0.653. The second kappa shape index (κ2) is 3.23. The zero-order valence-electron chi connectivity index (χ0n) is 6.81. The summed E-state index contributed by atoms with van der Waals surface area (Å²) in [6.07, 6.45) is 1.59. The largest absolute Gasteiger partial charge is 0.464 e. The molecule has 1 aromatic heterocycles. The Morgan fingerprint density at radius 2 is 2.08 bits per heavy atom. The van der Waals surface area contributed by atoms with Gasteiger partial charge in [-0.3, -0.25) is 0 Å². The average molecular weight is 173 g/mol. The summed E-state index contributed by atoms with van der Waals surface area (Å²) in [6.45, 7) is 0. The lowest BCUT2D eigenvalue weighted by Gasteiger charge is -1.95. The van der Waals surface area contributed by atoms with Crippen LogP contribution >= 0.6 is 0 Å². The molecule has 0 aliphatic rings. The molecule has 0 unspecified atom stereocenters. The Labute approximate surface area is 75.0 Å². The number of furan rings is 1. The Morgan fingerprint density at radius 3 is 2.77 bits per heavy atom. The predicted octanol–water partition coefficient (Wildman–Crippen LogP) is 3.34. The van der Waals surface area contributed by atoms with E-state index in [1.165, 1.54) is 0 Å². The van der Waals surface area contributed by atoms with Crippen molar-refractivity contribution in [2.45, 2.75) is 0 Å². The van der Waals surface area contributed by atoms with E-state index in [4.69, 9.17) is 4.42 Å². The first-order chi connectivity index (χ1) is 6.40. The summed E-state index contributed by atoms with van der Waals surface area (Å²) < 4.78 is 5.18. The van der Waals surface area contributed by atoms with Crippen molar-refractivity contribution in [3.63, 3.8) is 0 Å². The lowest BCUT2D eigenvalue weighted by Crippen LogP contribution is -1.71. The van der Waals surface area contributed by atoms with Crippen molar-refractivity contribution in [3.05, 3.63) is 47.6 Å². The highest BCUT2D eigenvalue weighted by molar-refractivity contribution is 5.62. The molecule has 0 N–H and O–H groups in total. The van der Waals surface area contributed by atoms with Crippen molar-refractivity contribution in [2.24, 2.45) is 5.18 Å². The fourth-order valence-electron chi connectivity index (χ4n) is 1.16. The summed E-state index contributed by atoms with van der Waals surface area (Å²) in [5.41, 5.74) is 1.27. The number of hydrogen-bond donors (Lipinski definition) is 0. The van der Waals surface area contributed by atoms with Gasteiger partial charge >= 0.3 is 0 Å². The van der Waals surface area contributed by atoms with Crippen molar-refractivity contribution in [1.82, 2.24) is 0 Å². The second-order valence-corrected chi connectivity index (χ2v) is 2.62. The SMILES string of the molecule is O=Nc1cccc(-c2ccco2)c1. The van der Waals surface area contributed by atoms with Crippen LogP contribution in [0.15, 0.2) is 52.3 Å². The van der Waals surface area contributed by atoms with Crippen LogP contribution < -0.4 is 0 Å². The van der Waals surface area contributed by atoms with Crippen LogP contribution in [0.3, 0.4) is 0 Å². The molecular weight excluding hydrogens is 166 g/mol. The maximum Gasteiger partial charge on any atom is 0.133 e. The zero-order chi connectivity index (χ0) is 9.10. The second-order valence-electron chi connectivity index (χ2n) is 2.62. The van der Waals surface area contributed by atoms with Crippen molar-refractivity contribution >= 4 is 5.69 Å². The van der Waals surface area contributed by atoms with Gasteiger partial charge in [-0.15, -0.1) is 4.91 Å². The summed E-state index contributed by atoms with van der Waals surface area (Å²) in [4.78, 5) is 10.2. The molecule has 13 heavy (non-hydrogen) atoms. The van der Waals surface area contributed by atoms with Gasteiger partial charge in [0, 0.05) is 5.56 Å². The van der Waals surface area contributed by atoms with Crippen LogP contribution in [-0.4, -0.2) is 0 Å². The molecule has 0 aliphatic heterocycles. The van der Waals surface area contributed by atoms with Gasteiger partial charge in [-0.25, -0.2) is 0 Å². The summed E-state index contributed by atoms with van der Waals surface area (Å²) in [5.74, 6) is 0.741. The minimum Gasteiger partial charge on any atom is -0.464 e. The highest BCUT2D eigenvalue weighted by Crippen LogP contribution is 2.23. The van der Waals surface area contributed by atoms with Gasteiger partial charge in [0.2, 0.25) is 0 Å². The third kappa shape index (κ3) is 1.49. The summed E-state index contributed by atoms with van der Waals surface area (Å²) >= 11 is 0. The highest BCUT2D eigenvalue weighted by atomic mass is 16.3. The maximum atomic E-state index is 10.2. The standard InChI is InChI=1S/C10H7NO2/c12-11-9-4-1-3-8(7-9)10-5-2-6-13-10/h1-7H. The Balaban J connectivity index is 2.47. The van der Waals surface area contributed by atoms with Crippen molar-refractivity contribution in [3.8, 4) is 11.3 Å². The number of nitroso groups, excluding NO2 is 1. The van der Waals surface area contributed by atoms with Crippen molar-refractivity contribution in [2.75, 3.05) is 0 Å². The van der Waals surface area contributed by atoms with E-state index in [2.05, 4.69) is 5.18 Å². The van der Waals surface area contributed by atoms with Gasteiger partial charge in [-0.05, 0) is 29.4 Å². The summed E-state index contributed by atoms with van der Waals surface area (Å²) in [7, 11) is 0. The molecule has 0 saturated carbocycles. The molecule has 0 fully saturated rings. The number of nitrogens with zero attached hydrogens (tertiary/aromatic N) is 1. The molecule has 0 amide bonds. The van der Waals surface area contributed by atoms with E-state index in [-0.39, 0.29) is 0 Å². The predicted molar refractivity (Wildman–Crippen MR) is 49.6 cm³/mol. The Bertz CT molecular complexity index is 407. The molecule has 3 heteroatoms. The molecular formula is C10H7NO2. The van der Waals surface area contributed by atoms with Gasteiger partial charge in [0.25, 0.3) is 0 Å². The first-order valence-corrected chi connectivity index (χ1v) is 3.87. The fraction of sp³-hybridized carbons (Fsp3) is 0. The van der Waals surface area contributed by atoms with Crippen LogP contribution in [0, 0.1) is 4.91 Å². The van der Waals surface area contributed by atoms with Crippen LogP contribution in [0.2, 0.25) is 0 Å². The highest BCUT2D eigenvalue weighted by Gasteiger charge is 2.00. The lowest BCUT2D eigenvalue weighted by molar-refractivity contribution is 0.582. The van der Waals surface area contributed by atoms with Gasteiger partial charge in [-0.2, -0.15) is 0 Å². The van der Waals surface area contributed by atoms with E-state index in [0.29, 0.717) is 5.69 Å². The molecule has 0 atom stereocenters. The Hall–Kier alpha value is -1.90. The molecule has 0 saturated heterocycles. The Kier molecular flexibility index (Phi) is 1.92. The van der Waals surface area contributed by atoms with Gasteiger partial charge < -0.3 is 4.42 Å². The lowest BCUT2D eigenvalue weighted by atomic mass is 10.1. The van der Waals surface area contributed by atoms with Gasteiger partial charge in [0.15, 0.2) is 0 Å². The van der Waals surface area contributed by atoms with E-state index in [0.717, 1.165) is 11.3 Å². The molecule has 1 heterocycles. The van der Waals surface area contributed by atoms with Gasteiger partial charge in [-0.1, -0.05) is 12.1 Å². The van der Waals surface area contributed by atoms with Gasteiger partial charge in [0.1, 0.15) is 11.4 Å². The zero-order valence-corrected chi connectivity index (χ0v) is 6.81. The molecule has 0 bridgehead atoms. The number of rotatable bonds is 2. The van der Waals surface area contributed by atoms with Crippen LogP contribution in [-0.2, 0) is 0 Å². The molecule has 64 valence electrons. The van der Waals surface area contributed by atoms with E-state index < -0.39 is 0 Å². The monoisotopic (exact) mass is 173 g/mol. The van der Waals surface area contributed by atoms with E-state index in [1.807, 2.05) is 12.1 Å². The topological polar surface area (TPSA) is 42.6 Å². The number of hydrogen-bond acceptors (Lipinski definition) is 3. The maximum absolute atomic E-state index is 10.2. The minimum atomic E-state index is 0.411. The van der Waals surface area contributed by atoms with Gasteiger partial charge in [0.05, 0.1) is 6.26 Å². The number of benzene rings is 1. The van der Waals surface area contributed by atoms with Crippen molar-refractivity contribution < 1.29 is 4.42 Å². The van der Waals surface area contributed by atoms with Crippen LogP contribution in [0.5, 0.6) is 0 Å². The van der Waals surface area contributed by atoms with Crippen molar-refractivity contribution in [1.29, 1.82) is 0 Å². The molecule has 0 aliphatic carbocycles. The first kappa shape index (κ1) is 7.73. The molecule has 2 aromatic rings. The molecule has 3 nitrogen and oxygen atoms in total. The third-order valence-electron chi connectivity index (χ3n) is 1.76. The Morgan fingerprint density at radius 1 is 1.15 bits per heavy atom. The van der Waals surface area contributed by atoms with E-state index in [1.54, 1.807) is 30.5 Å². The summed E-state index contributed by atoms with van der Waals surface area (Å²) in [5, 5.41) is 2.85.